The maximum Gasteiger partial charge on any atom is 0.122 e. The van der Waals surface area contributed by atoms with Crippen LogP contribution in [0.25, 0.3) is 0 Å². The molecular formula is C10H18O2S. The highest BCUT2D eigenvalue weighted by molar-refractivity contribution is 7.99. The average molecular weight is 202 g/mol. The van der Waals surface area contributed by atoms with E-state index >= 15 is 0 Å². The number of aldehydes is 1. The Morgan fingerprint density at radius 1 is 1.69 bits per heavy atom. The van der Waals surface area contributed by atoms with Crippen LogP contribution in [0.5, 0.6) is 0 Å². The molecule has 0 amide bonds. The van der Waals surface area contributed by atoms with E-state index in [0.717, 1.165) is 12.9 Å². The molecule has 2 atom stereocenters. The van der Waals surface area contributed by atoms with Crippen LogP contribution in [0.4, 0.5) is 0 Å². The zero-order valence-corrected chi connectivity index (χ0v) is 9.02. The Labute approximate surface area is 84.4 Å². The molecule has 0 aromatic heterocycles. The minimum atomic E-state index is 0.176. The van der Waals surface area contributed by atoms with Crippen LogP contribution in [-0.4, -0.2) is 30.5 Å². The molecule has 76 valence electrons. The van der Waals surface area contributed by atoms with Gasteiger partial charge in [0.15, 0.2) is 0 Å². The summed E-state index contributed by atoms with van der Waals surface area (Å²) in [5.41, 5.74) is 0. The molecule has 0 saturated carbocycles. The Morgan fingerprint density at radius 2 is 2.54 bits per heavy atom. The lowest BCUT2D eigenvalue weighted by molar-refractivity contribution is -0.111. The standard InChI is InChI=1S/C10H18O2S/c1-2-12-10(5-6-11)9-4-3-7-13-8-9/h6,9-10H,2-5,7-8H2,1H3. The molecule has 1 rings (SSSR count). The van der Waals surface area contributed by atoms with Gasteiger partial charge < -0.3 is 9.53 Å². The molecule has 2 unspecified atom stereocenters. The lowest BCUT2D eigenvalue weighted by atomic mass is 9.96. The first-order valence-electron chi connectivity index (χ1n) is 5.01. The first kappa shape index (κ1) is 11.1. The Kier molecular flexibility index (Phi) is 5.47. The summed E-state index contributed by atoms with van der Waals surface area (Å²) in [6, 6.07) is 0. The predicted octanol–water partition coefficient (Wildman–Crippen LogP) is 2.12. The van der Waals surface area contributed by atoms with Crippen LogP contribution in [0.15, 0.2) is 0 Å². The first-order valence-corrected chi connectivity index (χ1v) is 6.17. The highest BCUT2D eigenvalue weighted by Crippen LogP contribution is 2.27. The molecule has 0 spiro atoms. The van der Waals surface area contributed by atoms with Crippen molar-refractivity contribution in [3.63, 3.8) is 0 Å². The van der Waals surface area contributed by atoms with Crippen LogP contribution in [0.1, 0.15) is 26.2 Å². The molecule has 0 bridgehead atoms. The normalized spacial score (nSPS) is 25.5. The van der Waals surface area contributed by atoms with Crippen LogP contribution >= 0.6 is 11.8 Å². The van der Waals surface area contributed by atoms with Crippen LogP contribution in [0.3, 0.4) is 0 Å². The van der Waals surface area contributed by atoms with Gasteiger partial charge in [0, 0.05) is 13.0 Å². The van der Waals surface area contributed by atoms with Gasteiger partial charge in [-0.2, -0.15) is 11.8 Å². The van der Waals surface area contributed by atoms with E-state index < -0.39 is 0 Å². The molecule has 1 saturated heterocycles. The van der Waals surface area contributed by atoms with Gasteiger partial charge in [0.2, 0.25) is 0 Å². The van der Waals surface area contributed by atoms with E-state index in [1.54, 1.807) is 0 Å². The minimum Gasteiger partial charge on any atom is -0.378 e. The molecule has 0 radical (unpaired) electrons. The van der Waals surface area contributed by atoms with Crippen molar-refractivity contribution in [2.45, 2.75) is 32.3 Å². The molecular weight excluding hydrogens is 184 g/mol. The maximum atomic E-state index is 10.4. The van der Waals surface area contributed by atoms with Crippen LogP contribution in [-0.2, 0) is 9.53 Å². The number of rotatable bonds is 5. The van der Waals surface area contributed by atoms with Crippen molar-refractivity contribution in [2.75, 3.05) is 18.1 Å². The minimum absolute atomic E-state index is 0.176. The molecule has 0 aliphatic carbocycles. The quantitative estimate of drug-likeness (QED) is 0.639. The van der Waals surface area contributed by atoms with Crippen molar-refractivity contribution < 1.29 is 9.53 Å². The highest BCUT2D eigenvalue weighted by atomic mass is 32.2. The summed E-state index contributed by atoms with van der Waals surface area (Å²) in [5.74, 6) is 3.04. The van der Waals surface area contributed by atoms with Crippen molar-refractivity contribution in [1.82, 2.24) is 0 Å². The van der Waals surface area contributed by atoms with Gasteiger partial charge in [0.05, 0.1) is 6.10 Å². The third-order valence-electron chi connectivity index (χ3n) is 2.43. The lowest BCUT2D eigenvalue weighted by Gasteiger charge is -2.28. The largest absolute Gasteiger partial charge is 0.378 e. The highest BCUT2D eigenvalue weighted by Gasteiger charge is 2.23. The molecule has 1 aliphatic rings. The van der Waals surface area contributed by atoms with E-state index in [-0.39, 0.29) is 6.10 Å². The maximum absolute atomic E-state index is 10.4. The van der Waals surface area contributed by atoms with E-state index in [1.165, 1.54) is 24.3 Å². The van der Waals surface area contributed by atoms with Crippen molar-refractivity contribution in [3.05, 3.63) is 0 Å². The van der Waals surface area contributed by atoms with Gasteiger partial charge in [-0.15, -0.1) is 0 Å². The molecule has 1 fully saturated rings. The smallest absolute Gasteiger partial charge is 0.122 e. The van der Waals surface area contributed by atoms with Crippen molar-refractivity contribution in [1.29, 1.82) is 0 Å². The summed E-state index contributed by atoms with van der Waals surface area (Å²) in [7, 11) is 0. The van der Waals surface area contributed by atoms with Crippen molar-refractivity contribution in [3.8, 4) is 0 Å². The molecule has 1 heterocycles. The molecule has 0 aromatic rings. The molecule has 0 N–H and O–H groups in total. The van der Waals surface area contributed by atoms with Gasteiger partial charge in [-0.3, -0.25) is 0 Å². The van der Waals surface area contributed by atoms with E-state index in [2.05, 4.69) is 0 Å². The second-order valence-corrected chi connectivity index (χ2v) is 4.52. The summed E-state index contributed by atoms with van der Waals surface area (Å²) in [6.07, 6.45) is 4.23. The fourth-order valence-electron chi connectivity index (χ4n) is 1.76. The predicted molar refractivity (Wildman–Crippen MR) is 56.1 cm³/mol. The summed E-state index contributed by atoms with van der Waals surface area (Å²) in [5, 5.41) is 0. The molecule has 3 heteroatoms. The summed E-state index contributed by atoms with van der Waals surface area (Å²) in [4.78, 5) is 10.4. The summed E-state index contributed by atoms with van der Waals surface area (Å²) < 4.78 is 5.58. The SMILES string of the molecule is CCOC(CC=O)C1CCCSC1. The van der Waals surface area contributed by atoms with E-state index in [4.69, 9.17) is 4.74 Å². The Hall–Kier alpha value is -0.0200. The van der Waals surface area contributed by atoms with Gasteiger partial charge >= 0.3 is 0 Å². The number of carbonyl (C=O) groups excluding carboxylic acids is 1. The molecule has 13 heavy (non-hydrogen) atoms. The fraction of sp³-hybridized carbons (Fsp3) is 0.900. The van der Waals surface area contributed by atoms with E-state index in [9.17, 15) is 4.79 Å². The number of ether oxygens (including phenoxy) is 1. The first-order chi connectivity index (χ1) is 6.38. The second-order valence-electron chi connectivity index (χ2n) is 3.37. The lowest BCUT2D eigenvalue weighted by Crippen LogP contribution is -2.28. The fourth-order valence-corrected chi connectivity index (χ4v) is 2.99. The zero-order chi connectivity index (χ0) is 9.52. The van der Waals surface area contributed by atoms with Gasteiger partial charge in [0.25, 0.3) is 0 Å². The number of hydrogen-bond acceptors (Lipinski definition) is 3. The second kappa shape index (κ2) is 6.44. The Balaban J connectivity index is 2.36. The summed E-state index contributed by atoms with van der Waals surface area (Å²) in [6.45, 7) is 2.72. The molecule has 1 aliphatic heterocycles. The summed E-state index contributed by atoms with van der Waals surface area (Å²) >= 11 is 1.99. The molecule has 2 nitrogen and oxygen atoms in total. The van der Waals surface area contributed by atoms with Gasteiger partial charge in [-0.1, -0.05) is 0 Å². The third kappa shape index (κ3) is 3.69. The van der Waals surface area contributed by atoms with Crippen molar-refractivity contribution in [2.24, 2.45) is 5.92 Å². The Bertz CT molecular complexity index is 144. The number of carbonyl (C=O) groups is 1. The van der Waals surface area contributed by atoms with E-state index in [0.29, 0.717) is 12.3 Å². The third-order valence-corrected chi connectivity index (χ3v) is 3.67. The van der Waals surface area contributed by atoms with Crippen LogP contribution < -0.4 is 0 Å². The van der Waals surface area contributed by atoms with Crippen molar-refractivity contribution >= 4 is 18.0 Å². The van der Waals surface area contributed by atoms with E-state index in [1.807, 2.05) is 18.7 Å². The van der Waals surface area contributed by atoms with Crippen LogP contribution in [0, 0.1) is 5.92 Å². The van der Waals surface area contributed by atoms with Gasteiger partial charge in [-0.25, -0.2) is 0 Å². The average Bonchev–Trinajstić information content (AvgIpc) is 2.19. The van der Waals surface area contributed by atoms with Gasteiger partial charge in [-0.05, 0) is 37.2 Å². The van der Waals surface area contributed by atoms with Gasteiger partial charge in [0.1, 0.15) is 6.29 Å². The van der Waals surface area contributed by atoms with Crippen LogP contribution in [0.2, 0.25) is 0 Å². The zero-order valence-electron chi connectivity index (χ0n) is 8.20. The molecule has 0 aromatic carbocycles. The monoisotopic (exact) mass is 202 g/mol. The topological polar surface area (TPSA) is 26.3 Å². The Morgan fingerprint density at radius 3 is 3.08 bits per heavy atom. The number of hydrogen-bond donors (Lipinski definition) is 0. The number of thioether (sulfide) groups is 1.